The summed E-state index contributed by atoms with van der Waals surface area (Å²) in [5, 5.41) is 0. The van der Waals surface area contributed by atoms with Crippen LogP contribution in [0.4, 0.5) is 5.69 Å². The van der Waals surface area contributed by atoms with E-state index in [4.69, 9.17) is 9.47 Å². The largest absolute Gasteiger partial charge is 0.496 e. The molecule has 0 saturated carbocycles. The zero-order valence-electron chi connectivity index (χ0n) is 16.2. The van der Waals surface area contributed by atoms with Gasteiger partial charge in [0.2, 0.25) is 10.0 Å². The van der Waals surface area contributed by atoms with Crippen molar-refractivity contribution >= 4 is 15.7 Å². The van der Waals surface area contributed by atoms with Crippen molar-refractivity contribution in [1.82, 2.24) is 4.31 Å². The van der Waals surface area contributed by atoms with E-state index in [0.717, 1.165) is 16.8 Å². The molecule has 3 rings (SSSR count). The van der Waals surface area contributed by atoms with Crippen LogP contribution in [-0.2, 0) is 14.8 Å². The van der Waals surface area contributed by atoms with Crippen molar-refractivity contribution in [1.29, 1.82) is 0 Å². The third-order valence-corrected chi connectivity index (χ3v) is 6.68. The smallest absolute Gasteiger partial charge is 0.243 e. The average molecular weight is 391 g/mol. The van der Waals surface area contributed by atoms with Gasteiger partial charge in [-0.3, -0.25) is 0 Å². The van der Waals surface area contributed by atoms with Crippen molar-refractivity contribution in [2.75, 3.05) is 45.8 Å². The summed E-state index contributed by atoms with van der Waals surface area (Å²) in [5.74, 6) is 0.676. The van der Waals surface area contributed by atoms with Crippen LogP contribution >= 0.6 is 0 Å². The number of sulfonamides is 1. The molecule has 0 bridgehead atoms. The Morgan fingerprint density at radius 1 is 1.15 bits per heavy atom. The second-order valence-corrected chi connectivity index (χ2v) is 8.78. The maximum Gasteiger partial charge on any atom is 0.243 e. The van der Waals surface area contributed by atoms with Crippen LogP contribution in [-0.4, -0.2) is 53.6 Å². The molecule has 0 N–H and O–H groups in total. The van der Waals surface area contributed by atoms with Crippen molar-refractivity contribution < 1.29 is 17.9 Å². The number of hydrogen-bond donors (Lipinski definition) is 0. The monoisotopic (exact) mass is 390 g/mol. The minimum Gasteiger partial charge on any atom is -0.496 e. The molecule has 7 heteroatoms. The summed E-state index contributed by atoms with van der Waals surface area (Å²) in [4.78, 5) is 2.30. The van der Waals surface area contributed by atoms with Crippen LogP contribution in [0.1, 0.15) is 17.2 Å². The summed E-state index contributed by atoms with van der Waals surface area (Å²) in [7, 11) is 1.96. The average Bonchev–Trinajstić information content (AvgIpc) is 2.68. The lowest BCUT2D eigenvalue weighted by atomic mass is 10.1. The number of ether oxygens (including phenoxy) is 2. The standard InChI is InChI=1S/C20H26N2O4S/c1-15-13-18(9-10-19(15)25-4)27(23,24)22-11-12-26-20(14-22)16-5-7-17(8-6-16)21(2)3/h5-10,13,20H,11-12,14H2,1-4H3. The quantitative estimate of drug-likeness (QED) is 0.786. The first kappa shape index (κ1) is 19.7. The fraction of sp³-hybridized carbons (Fsp3) is 0.400. The first-order valence-electron chi connectivity index (χ1n) is 8.86. The van der Waals surface area contributed by atoms with Crippen LogP contribution in [0.3, 0.4) is 0 Å². The molecule has 146 valence electrons. The van der Waals surface area contributed by atoms with Gasteiger partial charge in [0.15, 0.2) is 0 Å². The third kappa shape index (κ3) is 4.10. The number of nitrogens with zero attached hydrogens (tertiary/aromatic N) is 2. The van der Waals surface area contributed by atoms with Crippen LogP contribution in [0.2, 0.25) is 0 Å². The first-order chi connectivity index (χ1) is 12.8. The summed E-state index contributed by atoms with van der Waals surface area (Å²) in [6.45, 7) is 2.86. The van der Waals surface area contributed by atoms with E-state index in [1.54, 1.807) is 25.3 Å². The van der Waals surface area contributed by atoms with Gasteiger partial charge in [0, 0.05) is 32.9 Å². The summed E-state index contributed by atoms with van der Waals surface area (Å²) in [6, 6.07) is 13.0. The zero-order chi connectivity index (χ0) is 19.6. The van der Waals surface area contributed by atoms with Gasteiger partial charge in [0.1, 0.15) is 5.75 Å². The predicted molar refractivity (Wildman–Crippen MR) is 106 cm³/mol. The van der Waals surface area contributed by atoms with Gasteiger partial charge in [-0.1, -0.05) is 12.1 Å². The molecule has 0 amide bonds. The van der Waals surface area contributed by atoms with Crippen LogP contribution in [0, 0.1) is 6.92 Å². The number of anilines is 1. The molecular formula is C20H26N2O4S. The highest BCUT2D eigenvalue weighted by atomic mass is 32.2. The summed E-state index contributed by atoms with van der Waals surface area (Å²) in [6.07, 6.45) is -0.274. The highest BCUT2D eigenvalue weighted by Crippen LogP contribution is 2.29. The molecule has 0 spiro atoms. The number of methoxy groups -OCH3 is 1. The Morgan fingerprint density at radius 3 is 2.44 bits per heavy atom. The number of hydrogen-bond acceptors (Lipinski definition) is 5. The maximum atomic E-state index is 13.1. The van der Waals surface area contributed by atoms with E-state index in [9.17, 15) is 8.42 Å². The molecule has 27 heavy (non-hydrogen) atoms. The summed E-state index contributed by atoms with van der Waals surface area (Å²) >= 11 is 0. The fourth-order valence-corrected chi connectivity index (χ4v) is 4.70. The van der Waals surface area contributed by atoms with Gasteiger partial charge in [-0.25, -0.2) is 8.42 Å². The topological polar surface area (TPSA) is 59.1 Å². The number of rotatable bonds is 5. The van der Waals surface area contributed by atoms with Crippen molar-refractivity contribution in [2.45, 2.75) is 17.9 Å². The Balaban J connectivity index is 1.81. The molecule has 0 aromatic heterocycles. The minimum atomic E-state index is -3.58. The molecule has 1 aliphatic rings. The molecular weight excluding hydrogens is 364 g/mol. The highest BCUT2D eigenvalue weighted by molar-refractivity contribution is 7.89. The molecule has 1 fully saturated rings. The highest BCUT2D eigenvalue weighted by Gasteiger charge is 2.31. The second kappa shape index (κ2) is 7.88. The van der Waals surface area contributed by atoms with Crippen LogP contribution in [0.25, 0.3) is 0 Å². The lowest BCUT2D eigenvalue weighted by Crippen LogP contribution is -2.42. The van der Waals surface area contributed by atoms with Crippen LogP contribution in [0.5, 0.6) is 5.75 Å². The van der Waals surface area contributed by atoms with E-state index in [2.05, 4.69) is 0 Å². The lowest BCUT2D eigenvalue weighted by molar-refractivity contribution is -0.00255. The maximum absolute atomic E-state index is 13.1. The molecule has 2 aromatic carbocycles. The second-order valence-electron chi connectivity index (χ2n) is 6.84. The van der Waals surface area contributed by atoms with Gasteiger partial charge in [0.05, 0.1) is 24.7 Å². The Labute approximate surface area is 161 Å². The molecule has 2 aromatic rings. The number of morpholine rings is 1. The van der Waals surface area contributed by atoms with Gasteiger partial charge in [-0.15, -0.1) is 0 Å². The Kier molecular flexibility index (Phi) is 5.74. The van der Waals surface area contributed by atoms with E-state index in [0.29, 0.717) is 25.4 Å². The Bertz CT molecular complexity index is 895. The number of benzene rings is 2. The molecule has 1 aliphatic heterocycles. The number of aryl methyl sites for hydroxylation is 1. The van der Waals surface area contributed by atoms with E-state index in [1.807, 2.05) is 50.2 Å². The SMILES string of the molecule is COc1ccc(S(=O)(=O)N2CCOC(c3ccc(N(C)C)cc3)C2)cc1C. The fourth-order valence-electron chi connectivity index (χ4n) is 3.19. The molecule has 1 atom stereocenters. The Hall–Kier alpha value is -2.09. The van der Waals surface area contributed by atoms with Crippen molar-refractivity contribution in [2.24, 2.45) is 0 Å². The van der Waals surface area contributed by atoms with Crippen molar-refractivity contribution in [3.63, 3.8) is 0 Å². The predicted octanol–water partition coefficient (Wildman–Crippen LogP) is 2.83. The van der Waals surface area contributed by atoms with Crippen LogP contribution < -0.4 is 9.64 Å². The van der Waals surface area contributed by atoms with Gasteiger partial charge in [-0.2, -0.15) is 4.31 Å². The summed E-state index contributed by atoms with van der Waals surface area (Å²) in [5.41, 5.74) is 2.86. The molecule has 1 saturated heterocycles. The van der Waals surface area contributed by atoms with E-state index < -0.39 is 10.0 Å². The van der Waals surface area contributed by atoms with E-state index >= 15 is 0 Å². The van der Waals surface area contributed by atoms with E-state index in [1.165, 1.54) is 4.31 Å². The molecule has 1 unspecified atom stereocenters. The van der Waals surface area contributed by atoms with Crippen LogP contribution in [0.15, 0.2) is 47.4 Å². The molecule has 1 heterocycles. The van der Waals surface area contributed by atoms with Crippen molar-refractivity contribution in [3.05, 3.63) is 53.6 Å². The molecule has 6 nitrogen and oxygen atoms in total. The zero-order valence-corrected chi connectivity index (χ0v) is 17.0. The van der Waals surface area contributed by atoms with Gasteiger partial charge < -0.3 is 14.4 Å². The summed E-state index contributed by atoms with van der Waals surface area (Å²) < 4.78 is 38.7. The molecule has 0 radical (unpaired) electrons. The Morgan fingerprint density at radius 2 is 1.85 bits per heavy atom. The lowest BCUT2D eigenvalue weighted by Gasteiger charge is -2.32. The van der Waals surface area contributed by atoms with Gasteiger partial charge in [0.25, 0.3) is 0 Å². The first-order valence-corrected chi connectivity index (χ1v) is 10.3. The van der Waals surface area contributed by atoms with E-state index in [-0.39, 0.29) is 11.0 Å². The van der Waals surface area contributed by atoms with Crippen molar-refractivity contribution in [3.8, 4) is 5.75 Å². The van der Waals surface area contributed by atoms with Gasteiger partial charge in [-0.05, 0) is 48.4 Å². The third-order valence-electron chi connectivity index (χ3n) is 4.81. The van der Waals surface area contributed by atoms with Gasteiger partial charge >= 0.3 is 0 Å². The minimum absolute atomic E-state index is 0.274. The normalized spacial score (nSPS) is 18.3. The molecule has 0 aliphatic carbocycles.